The van der Waals surface area contributed by atoms with Crippen LogP contribution in [0.4, 0.5) is 0 Å². The molecule has 21 heavy (non-hydrogen) atoms. The van der Waals surface area contributed by atoms with Gasteiger partial charge in [0.15, 0.2) is 0 Å². The van der Waals surface area contributed by atoms with Crippen molar-refractivity contribution in [2.75, 3.05) is 26.3 Å². The summed E-state index contributed by atoms with van der Waals surface area (Å²) >= 11 is 0. The average Bonchev–Trinajstić information content (AvgIpc) is 3.04. The monoisotopic (exact) mass is 291 g/mol. The highest BCUT2D eigenvalue weighted by Crippen LogP contribution is 2.38. The Kier molecular flexibility index (Phi) is 3.78. The van der Waals surface area contributed by atoms with Crippen LogP contribution >= 0.6 is 0 Å². The Hall–Kier alpha value is -0.840. The molecule has 2 aliphatic heterocycles. The van der Waals surface area contributed by atoms with Gasteiger partial charge in [-0.1, -0.05) is 0 Å². The molecule has 4 heteroatoms. The zero-order valence-corrected chi connectivity index (χ0v) is 12.6. The Morgan fingerprint density at radius 1 is 1.29 bits per heavy atom. The average molecular weight is 291 g/mol. The summed E-state index contributed by atoms with van der Waals surface area (Å²) < 4.78 is 17.3. The van der Waals surface area contributed by atoms with Gasteiger partial charge in [-0.3, -0.25) is 4.90 Å². The Balaban J connectivity index is 1.24. The molecule has 1 aromatic rings. The van der Waals surface area contributed by atoms with Crippen molar-refractivity contribution >= 4 is 0 Å². The fourth-order valence-corrected chi connectivity index (χ4v) is 3.57. The molecule has 1 atom stereocenters. The molecule has 0 aromatic carbocycles. The van der Waals surface area contributed by atoms with E-state index in [1.807, 2.05) is 6.26 Å². The van der Waals surface area contributed by atoms with E-state index in [0.717, 1.165) is 58.0 Å². The van der Waals surface area contributed by atoms with Gasteiger partial charge >= 0.3 is 0 Å². The Morgan fingerprint density at radius 3 is 2.86 bits per heavy atom. The summed E-state index contributed by atoms with van der Waals surface area (Å²) in [4.78, 5) is 2.50. The van der Waals surface area contributed by atoms with E-state index in [1.165, 1.54) is 18.4 Å². The quantitative estimate of drug-likeness (QED) is 0.835. The van der Waals surface area contributed by atoms with Crippen molar-refractivity contribution < 1.29 is 13.9 Å². The zero-order valence-electron chi connectivity index (χ0n) is 12.6. The molecule has 0 amide bonds. The third-order valence-corrected chi connectivity index (χ3v) is 5.19. The van der Waals surface area contributed by atoms with Crippen molar-refractivity contribution in [1.82, 2.24) is 4.90 Å². The molecule has 1 spiro atoms. The van der Waals surface area contributed by atoms with Crippen molar-refractivity contribution in [2.45, 2.75) is 50.4 Å². The topological polar surface area (TPSA) is 34.8 Å². The Bertz CT molecular complexity index is 447. The minimum absolute atomic E-state index is 0.0983. The summed E-state index contributed by atoms with van der Waals surface area (Å²) in [6.07, 6.45) is 10.0. The molecule has 2 saturated heterocycles. The van der Waals surface area contributed by atoms with Gasteiger partial charge in [0.1, 0.15) is 0 Å². The van der Waals surface area contributed by atoms with E-state index in [2.05, 4.69) is 11.0 Å². The van der Waals surface area contributed by atoms with E-state index in [9.17, 15) is 0 Å². The van der Waals surface area contributed by atoms with Crippen molar-refractivity contribution in [2.24, 2.45) is 5.92 Å². The molecule has 3 fully saturated rings. The number of piperidine rings is 1. The molecule has 4 nitrogen and oxygen atoms in total. The largest absolute Gasteiger partial charge is 0.472 e. The molecule has 0 unspecified atom stereocenters. The third-order valence-electron chi connectivity index (χ3n) is 5.19. The van der Waals surface area contributed by atoms with Gasteiger partial charge in [0.25, 0.3) is 0 Å². The minimum Gasteiger partial charge on any atom is -0.472 e. The lowest BCUT2D eigenvalue weighted by Gasteiger charge is -2.38. The molecule has 1 aromatic heterocycles. The second kappa shape index (κ2) is 5.75. The number of nitrogens with zero attached hydrogens (tertiary/aromatic N) is 1. The van der Waals surface area contributed by atoms with Crippen LogP contribution in [0.2, 0.25) is 0 Å². The van der Waals surface area contributed by atoms with Crippen molar-refractivity contribution in [3.05, 3.63) is 24.2 Å². The van der Waals surface area contributed by atoms with E-state index in [0.29, 0.717) is 6.10 Å². The summed E-state index contributed by atoms with van der Waals surface area (Å²) in [5.74, 6) is 0.846. The number of rotatable bonds is 5. The van der Waals surface area contributed by atoms with E-state index in [-0.39, 0.29) is 5.60 Å². The van der Waals surface area contributed by atoms with E-state index in [1.54, 1.807) is 6.26 Å². The number of hydrogen-bond acceptors (Lipinski definition) is 4. The lowest BCUT2D eigenvalue weighted by atomic mass is 9.88. The predicted molar refractivity (Wildman–Crippen MR) is 79.0 cm³/mol. The second-order valence-corrected chi connectivity index (χ2v) is 7.00. The van der Waals surface area contributed by atoms with Gasteiger partial charge in [0, 0.05) is 38.2 Å². The molecule has 3 heterocycles. The third kappa shape index (κ3) is 3.33. The molecular weight excluding hydrogens is 266 g/mol. The first-order valence-corrected chi connectivity index (χ1v) is 8.30. The second-order valence-electron chi connectivity index (χ2n) is 7.00. The highest BCUT2D eigenvalue weighted by atomic mass is 16.6. The van der Waals surface area contributed by atoms with E-state index < -0.39 is 0 Å². The normalized spacial score (nSPS) is 29.2. The standard InChI is InChI=1S/C17H25NO3/c1-2-14(1)12-20-16-9-17(21-13-16)4-6-18(7-5-17)10-15-3-8-19-11-15/h3,8,11,14,16H,1-2,4-7,9-10,12-13H2/t16-/m1/s1. The minimum atomic E-state index is 0.0983. The van der Waals surface area contributed by atoms with Gasteiger partial charge in [0.05, 0.1) is 30.8 Å². The fraction of sp³-hybridized carbons (Fsp3) is 0.765. The predicted octanol–water partition coefficient (Wildman–Crippen LogP) is 2.83. The molecule has 3 aliphatic rings. The van der Waals surface area contributed by atoms with Crippen molar-refractivity contribution in [3.8, 4) is 0 Å². The van der Waals surface area contributed by atoms with Crippen LogP contribution < -0.4 is 0 Å². The number of hydrogen-bond donors (Lipinski definition) is 0. The summed E-state index contributed by atoms with van der Waals surface area (Å²) in [5.41, 5.74) is 1.37. The molecule has 0 N–H and O–H groups in total. The smallest absolute Gasteiger partial charge is 0.0947 e. The lowest BCUT2D eigenvalue weighted by molar-refractivity contribution is -0.0467. The Labute approximate surface area is 126 Å². The first kappa shape index (κ1) is 13.8. The molecule has 1 saturated carbocycles. The van der Waals surface area contributed by atoms with E-state index in [4.69, 9.17) is 13.9 Å². The number of likely N-dealkylation sites (tertiary alicyclic amines) is 1. The van der Waals surface area contributed by atoms with Crippen LogP contribution in [0.25, 0.3) is 0 Å². The number of furan rings is 1. The van der Waals surface area contributed by atoms with Crippen LogP contribution in [-0.2, 0) is 16.0 Å². The first-order valence-electron chi connectivity index (χ1n) is 8.30. The van der Waals surface area contributed by atoms with Crippen molar-refractivity contribution in [1.29, 1.82) is 0 Å². The lowest BCUT2D eigenvalue weighted by Crippen LogP contribution is -2.43. The number of ether oxygens (including phenoxy) is 2. The highest BCUT2D eigenvalue weighted by molar-refractivity contribution is 5.05. The summed E-state index contributed by atoms with van der Waals surface area (Å²) in [5, 5.41) is 0. The van der Waals surface area contributed by atoms with Crippen LogP contribution in [0.15, 0.2) is 23.0 Å². The summed E-state index contributed by atoms with van der Waals surface area (Å²) in [7, 11) is 0. The van der Waals surface area contributed by atoms with Crippen LogP contribution in [0, 0.1) is 5.92 Å². The van der Waals surface area contributed by atoms with Crippen LogP contribution in [0.5, 0.6) is 0 Å². The fourth-order valence-electron chi connectivity index (χ4n) is 3.57. The summed E-state index contributed by atoms with van der Waals surface area (Å²) in [6, 6.07) is 2.05. The van der Waals surface area contributed by atoms with Crippen molar-refractivity contribution in [3.63, 3.8) is 0 Å². The first-order chi connectivity index (χ1) is 10.3. The van der Waals surface area contributed by atoms with Gasteiger partial charge in [-0.2, -0.15) is 0 Å². The molecule has 1 aliphatic carbocycles. The maximum atomic E-state index is 6.16. The van der Waals surface area contributed by atoms with Crippen LogP contribution in [-0.4, -0.2) is 42.9 Å². The van der Waals surface area contributed by atoms with Gasteiger partial charge in [-0.15, -0.1) is 0 Å². The molecule has 116 valence electrons. The maximum absolute atomic E-state index is 6.16. The van der Waals surface area contributed by atoms with Gasteiger partial charge in [-0.25, -0.2) is 0 Å². The molecular formula is C17H25NO3. The molecule has 4 rings (SSSR count). The van der Waals surface area contributed by atoms with Gasteiger partial charge in [0.2, 0.25) is 0 Å². The Morgan fingerprint density at radius 2 is 2.14 bits per heavy atom. The van der Waals surface area contributed by atoms with Crippen LogP contribution in [0.1, 0.15) is 37.7 Å². The SMILES string of the molecule is c1cc(CN2CCC3(CC2)C[C@@H](OCC2CC2)CO3)co1. The van der Waals surface area contributed by atoms with E-state index >= 15 is 0 Å². The zero-order chi connectivity index (χ0) is 14.1. The van der Waals surface area contributed by atoms with Gasteiger partial charge in [-0.05, 0) is 37.7 Å². The molecule has 0 bridgehead atoms. The van der Waals surface area contributed by atoms with Gasteiger partial charge < -0.3 is 13.9 Å². The molecule has 0 radical (unpaired) electrons. The maximum Gasteiger partial charge on any atom is 0.0947 e. The van der Waals surface area contributed by atoms with Crippen LogP contribution in [0.3, 0.4) is 0 Å². The summed E-state index contributed by atoms with van der Waals surface area (Å²) in [6.45, 7) is 4.97. The highest BCUT2D eigenvalue weighted by Gasteiger charge is 2.43.